The first-order valence-electron chi connectivity index (χ1n) is 15.6. The van der Waals surface area contributed by atoms with Crippen LogP contribution in [0.4, 0.5) is 0 Å². The molecule has 248 valence electrons. The van der Waals surface area contributed by atoms with Gasteiger partial charge in [0.15, 0.2) is 11.2 Å². The van der Waals surface area contributed by atoms with Gasteiger partial charge in [0, 0.05) is 49.3 Å². The molecule has 11 nitrogen and oxygen atoms in total. The second-order valence-electron chi connectivity index (χ2n) is 11.9. The molecule has 0 bridgehead atoms. The average Bonchev–Trinajstić information content (AvgIpc) is 3.44. The van der Waals surface area contributed by atoms with E-state index in [9.17, 15) is 22.5 Å². The molecule has 0 radical (unpaired) electrons. The lowest BCUT2D eigenvalue weighted by Gasteiger charge is -2.31. The van der Waals surface area contributed by atoms with Crippen LogP contribution in [0.15, 0.2) is 59.6 Å². The van der Waals surface area contributed by atoms with E-state index in [1.807, 2.05) is 51.2 Å². The van der Waals surface area contributed by atoms with Crippen LogP contribution >= 0.6 is 0 Å². The van der Waals surface area contributed by atoms with Gasteiger partial charge in [-0.2, -0.15) is 4.31 Å². The Morgan fingerprint density at radius 2 is 1.82 bits per heavy atom. The van der Waals surface area contributed by atoms with E-state index in [4.69, 9.17) is 4.74 Å². The zero-order valence-corrected chi connectivity index (χ0v) is 28.0. The smallest absolute Gasteiger partial charge is 0.243 e. The van der Waals surface area contributed by atoms with Crippen molar-refractivity contribution in [3.05, 3.63) is 65.9 Å². The highest BCUT2D eigenvalue weighted by Crippen LogP contribution is 2.23. The second-order valence-corrected chi connectivity index (χ2v) is 15.1. The Labute approximate surface area is 269 Å². The number of para-hydroxylation sites is 1. The number of hydrogen-bond donors (Lipinski definition) is 4. The number of aliphatic hydroxyl groups excluding tert-OH is 1. The summed E-state index contributed by atoms with van der Waals surface area (Å²) >= 11 is -1.56. The van der Waals surface area contributed by atoms with Crippen LogP contribution in [0.1, 0.15) is 44.2 Å². The number of nitrogens with one attached hydrogen (secondary N) is 3. The van der Waals surface area contributed by atoms with Crippen LogP contribution < -0.4 is 10.0 Å². The Morgan fingerprint density at radius 3 is 2.51 bits per heavy atom. The minimum absolute atomic E-state index is 0.0724. The SMILES string of the molecule is Cc1ccc(S(=O)(=O)N(CC(C)C)[C@H](CO)CCCCNC(=O)[C@H](Cc2c[nH]c3ccccc23)NS(=O)N2CCOCC2)cc1. The molecular formula is C32H47N5O6S2. The minimum atomic E-state index is -3.80. The molecule has 4 rings (SSSR count). The lowest BCUT2D eigenvalue weighted by atomic mass is 10.0. The number of nitrogens with zero attached hydrogens (tertiary/aromatic N) is 2. The molecule has 13 heteroatoms. The molecule has 2 aromatic carbocycles. The van der Waals surface area contributed by atoms with E-state index < -0.39 is 33.3 Å². The summed E-state index contributed by atoms with van der Waals surface area (Å²) in [6.45, 7) is 8.17. The van der Waals surface area contributed by atoms with Crippen LogP contribution in [0.2, 0.25) is 0 Å². The van der Waals surface area contributed by atoms with Gasteiger partial charge < -0.3 is 20.1 Å². The van der Waals surface area contributed by atoms with Crippen molar-refractivity contribution in [2.24, 2.45) is 5.92 Å². The number of aromatic amines is 1. The van der Waals surface area contributed by atoms with E-state index in [-0.39, 0.29) is 23.3 Å². The first kappa shape index (κ1) is 35.2. The first-order valence-corrected chi connectivity index (χ1v) is 18.2. The number of sulfonamides is 1. The number of aromatic nitrogens is 1. The van der Waals surface area contributed by atoms with Crippen LogP contribution in [-0.2, 0) is 37.1 Å². The van der Waals surface area contributed by atoms with Crippen LogP contribution in [0.5, 0.6) is 0 Å². The maximum absolute atomic E-state index is 13.6. The fourth-order valence-electron chi connectivity index (χ4n) is 5.43. The highest BCUT2D eigenvalue weighted by atomic mass is 32.2. The minimum Gasteiger partial charge on any atom is -0.395 e. The van der Waals surface area contributed by atoms with Gasteiger partial charge in [0.25, 0.3) is 0 Å². The molecule has 1 aromatic heterocycles. The van der Waals surface area contributed by atoms with E-state index in [1.165, 1.54) is 4.31 Å². The Morgan fingerprint density at radius 1 is 1.11 bits per heavy atom. The molecule has 0 saturated carbocycles. The number of aryl methyl sites for hydroxylation is 1. The number of hydrogen-bond acceptors (Lipinski definition) is 6. The van der Waals surface area contributed by atoms with Crippen LogP contribution in [0.25, 0.3) is 10.9 Å². The van der Waals surface area contributed by atoms with Crippen molar-refractivity contribution >= 4 is 38.0 Å². The molecule has 1 unspecified atom stereocenters. The van der Waals surface area contributed by atoms with Crippen LogP contribution in [0.3, 0.4) is 0 Å². The van der Waals surface area contributed by atoms with Crippen molar-refractivity contribution in [3.8, 4) is 0 Å². The molecule has 1 amide bonds. The van der Waals surface area contributed by atoms with Crippen molar-refractivity contribution in [2.75, 3.05) is 46.0 Å². The van der Waals surface area contributed by atoms with Crippen molar-refractivity contribution in [1.82, 2.24) is 23.6 Å². The van der Waals surface area contributed by atoms with Crippen molar-refractivity contribution in [3.63, 3.8) is 0 Å². The van der Waals surface area contributed by atoms with E-state index in [0.29, 0.717) is 65.1 Å². The van der Waals surface area contributed by atoms with Crippen LogP contribution in [-0.4, -0.2) is 95.3 Å². The molecule has 45 heavy (non-hydrogen) atoms. The predicted molar refractivity (Wildman–Crippen MR) is 177 cm³/mol. The molecule has 1 saturated heterocycles. The number of fused-ring (bicyclic) bond motifs is 1. The third-order valence-electron chi connectivity index (χ3n) is 7.92. The molecule has 1 aliphatic heterocycles. The summed E-state index contributed by atoms with van der Waals surface area (Å²) in [6.07, 6.45) is 3.87. The maximum atomic E-state index is 13.6. The van der Waals surface area contributed by atoms with Crippen molar-refractivity contribution < 1.29 is 27.3 Å². The average molecular weight is 662 g/mol. The number of benzene rings is 2. The standard InChI is InChI=1S/C32H47N5O6S2/c1-24(2)22-37(45(41,42)28-13-11-25(3)12-14-28)27(23-38)8-6-7-15-33-32(39)31(35-44(40)36-16-18-43-19-17-36)20-26-21-34-30-10-5-4-9-29(26)30/h4-5,9-14,21,24,27,31,34-35,38H,6-8,15-20,22-23H2,1-3H3,(H,33,39)/t27-,31-,44?/m0/s1. The number of ether oxygens (including phenoxy) is 1. The van der Waals surface area contributed by atoms with E-state index in [0.717, 1.165) is 22.0 Å². The lowest BCUT2D eigenvalue weighted by molar-refractivity contribution is -0.122. The number of carbonyl (C=O) groups excluding carboxylic acids is 1. The summed E-state index contributed by atoms with van der Waals surface area (Å²) in [5, 5.41) is 14.2. The topological polar surface area (TPSA) is 144 Å². The van der Waals surface area contributed by atoms with E-state index in [1.54, 1.807) is 28.6 Å². The van der Waals surface area contributed by atoms with Gasteiger partial charge in [-0.25, -0.2) is 21.7 Å². The van der Waals surface area contributed by atoms with Crippen molar-refractivity contribution in [1.29, 1.82) is 0 Å². The third-order valence-corrected chi connectivity index (χ3v) is 11.2. The molecule has 1 aliphatic rings. The summed E-state index contributed by atoms with van der Waals surface area (Å²) in [7, 11) is -3.80. The highest BCUT2D eigenvalue weighted by molar-refractivity contribution is 7.89. The van der Waals surface area contributed by atoms with E-state index >= 15 is 0 Å². The summed E-state index contributed by atoms with van der Waals surface area (Å²) in [6, 6.07) is 13.3. The Balaban J connectivity index is 1.36. The summed E-state index contributed by atoms with van der Waals surface area (Å²) in [4.78, 5) is 16.9. The van der Waals surface area contributed by atoms with Crippen LogP contribution in [0, 0.1) is 12.8 Å². The second kappa shape index (κ2) is 16.8. The number of amides is 1. The summed E-state index contributed by atoms with van der Waals surface area (Å²) < 4.78 is 51.9. The molecule has 3 aromatic rings. The largest absolute Gasteiger partial charge is 0.395 e. The summed E-state index contributed by atoms with van der Waals surface area (Å²) in [5.41, 5.74) is 2.88. The molecule has 1 fully saturated rings. The monoisotopic (exact) mass is 661 g/mol. The molecule has 0 spiro atoms. The Bertz CT molecular complexity index is 1510. The molecule has 4 N–H and O–H groups in total. The van der Waals surface area contributed by atoms with Gasteiger partial charge in [0.1, 0.15) is 6.04 Å². The van der Waals surface area contributed by atoms with Gasteiger partial charge in [-0.05, 0) is 55.9 Å². The number of carbonyl (C=O) groups is 1. The zero-order chi connectivity index (χ0) is 32.4. The number of morpholine rings is 1. The zero-order valence-electron chi connectivity index (χ0n) is 26.4. The fraction of sp³-hybridized carbons (Fsp3) is 0.531. The number of unbranched alkanes of at least 4 members (excludes halogenated alkanes) is 1. The van der Waals surface area contributed by atoms with Gasteiger partial charge in [0.05, 0.1) is 24.7 Å². The Kier molecular flexibility index (Phi) is 13.1. The van der Waals surface area contributed by atoms with Gasteiger partial charge >= 0.3 is 0 Å². The third kappa shape index (κ3) is 9.67. The first-order chi connectivity index (χ1) is 21.6. The fourth-order valence-corrected chi connectivity index (χ4v) is 8.31. The van der Waals surface area contributed by atoms with Gasteiger partial charge in [0.2, 0.25) is 15.9 Å². The highest BCUT2D eigenvalue weighted by Gasteiger charge is 2.32. The number of rotatable bonds is 17. The lowest BCUT2D eigenvalue weighted by Crippen LogP contribution is -2.51. The molecular weight excluding hydrogens is 615 g/mol. The van der Waals surface area contributed by atoms with Gasteiger partial charge in [-0.1, -0.05) is 56.2 Å². The number of H-pyrrole nitrogens is 1. The predicted octanol–water partition coefficient (Wildman–Crippen LogP) is 2.88. The van der Waals surface area contributed by atoms with Gasteiger partial charge in [-0.15, -0.1) is 0 Å². The summed E-state index contributed by atoms with van der Waals surface area (Å²) in [5.74, 6) is -0.188. The van der Waals surface area contributed by atoms with Crippen molar-refractivity contribution in [2.45, 2.75) is 63.4 Å². The molecule has 0 aliphatic carbocycles. The number of aliphatic hydroxyl groups is 1. The quantitative estimate of drug-likeness (QED) is 0.164. The molecule has 3 atom stereocenters. The maximum Gasteiger partial charge on any atom is 0.243 e. The van der Waals surface area contributed by atoms with Gasteiger partial charge in [-0.3, -0.25) is 4.79 Å². The van der Waals surface area contributed by atoms with E-state index in [2.05, 4.69) is 15.0 Å². The molecule has 2 heterocycles. The Hall–Kier alpha value is -2.65. The normalized spacial score (nSPS) is 16.7.